The van der Waals surface area contributed by atoms with E-state index in [9.17, 15) is 17.6 Å². The normalized spacial score (nSPS) is 10.9. The molecule has 0 radical (unpaired) electrons. The highest BCUT2D eigenvalue weighted by molar-refractivity contribution is 7.92. The van der Waals surface area contributed by atoms with Gasteiger partial charge in [0.05, 0.1) is 19.1 Å². The Kier molecular flexibility index (Phi) is 6.76. The zero-order chi connectivity index (χ0) is 22.4. The van der Waals surface area contributed by atoms with Gasteiger partial charge < -0.3 is 14.8 Å². The van der Waals surface area contributed by atoms with Crippen molar-refractivity contribution in [3.05, 3.63) is 83.7 Å². The molecule has 162 valence electrons. The Labute approximate surface area is 179 Å². The van der Waals surface area contributed by atoms with Crippen LogP contribution in [0.3, 0.4) is 0 Å². The van der Waals surface area contributed by atoms with Crippen molar-refractivity contribution in [3.63, 3.8) is 0 Å². The Bertz CT molecular complexity index is 1160. The topological polar surface area (TPSA) is 93.7 Å². The van der Waals surface area contributed by atoms with E-state index in [2.05, 4.69) is 10.0 Å². The number of benzene rings is 3. The SMILES string of the molecule is COc1ccc(S(=O)(=O)Nc2ccc(C(=O)NCc3ccc(F)cc3)cc2)cc1OC. The lowest BCUT2D eigenvalue weighted by Gasteiger charge is -2.12. The maximum atomic E-state index is 12.9. The van der Waals surface area contributed by atoms with Crippen molar-refractivity contribution in [1.29, 1.82) is 0 Å². The van der Waals surface area contributed by atoms with Crippen LogP contribution in [0.4, 0.5) is 10.1 Å². The molecule has 9 heteroatoms. The smallest absolute Gasteiger partial charge is 0.262 e. The first-order valence-electron chi connectivity index (χ1n) is 9.20. The quantitative estimate of drug-likeness (QED) is 0.554. The Morgan fingerprint density at radius 2 is 1.55 bits per heavy atom. The van der Waals surface area contributed by atoms with Crippen LogP contribution in [0.2, 0.25) is 0 Å². The van der Waals surface area contributed by atoms with Crippen LogP contribution in [0.25, 0.3) is 0 Å². The van der Waals surface area contributed by atoms with Gasteiger partial charge in [0.1, 0.15) is 5.82 Å². The van der Waals surface area contributed by atoms with E-state index < -0.39 is 10.0 Å². The molecule has 0 saturated carbocycles. The highest BCUT2D eigenvalue weighted by Crippen LogP contribution is 2.30. The van der Waals surface area contributed by atoms with Gasteiger partial charge in [-0.3, -0.25) is 9.52 Å². The summed E-state index contributed by atoms with van der Waals surface area (Å²) in [6, 6.07) is 16.1. The number of methoxy groups -OCH3 is 2. The summed E-state index contributed by atoms with van der Waals surface area (Å²) in [6.45, 7) is 0.243. The number of rotatable bonds is 8. The van der Waals surface area contributed by atoms with E-state index in [0.29, 0.717) is 22.7 Å². The third-order valence-electron chi connectivity index (χ3n) is 4.43. The van der Waals surface area contributed by atoms with Crippen LogP contribution < -0.4 is 19.5 Å². The fourth-order valence-electron chi connectivity index (χ4n) is 2.77. The van der Waals surface area contributed by atoms with Crippen LogP contribution >= 0.6 is 0 Å². The molecule has 3 aromatic carbocycles. The maximum Gasteiger partial charge on any atom is 0.262 e. The van der Waals surface area contributed by atoms with Gasteiger partial charge in [0.15, 0.2) is 11.5 Å². The molecule has 0 bridgehead atoms. The van der Waals surface area contributed by atoms with Crippen LogP contribution in [0, 0.1) is 5.82 Å². The summed E-state index contributed by atoms with van der Waals surface area (Å²) < 4.78 is 51.0. The van der Waals surface area contributed by atoms with Crippen LogP contribution in [0.15, 0.2) is 71.6 Å². The van der Waals surface area contributed by atoms with E-state index in [1.165, 1.54) is 68.8 Å². The zero-order valence-electron chi connectivity index (χ0n) is 16.9. The van der Waals surface area contributed by atoms with E-state index in [1.807, 2.05) is 0 Å². The number of ether oxygens (including phenoxy) is 2. The second-order valence-electron chi connectivity index (χ2n) is 6.51. The molecule has 0 atom stereocenters. The number of hydrogen-bond donors (Lipinski definition) is 2. The largest absolute Gasteiger partial charge is 0.493 e. The first-order valence-corrected chi connectivity index (χ1v) is 10.7. The molecule has 0 saturated heterocycles. The Morgan fingerprint density at radius 3 is 2.16 bits per heavy atom. The summed E-state index contributed by atoms with van der Waals surface area (Å²) >= 11 is 0. The summed E-state index contributed by atoms with van der Waals surface area (Å²) in [7, 11) is -0.992. The zero-order valence-corrected chi connectivity index (χ0v) is 17.7. The summed E-state index contributed by atoms with van der Waals surface area (Å²) in [6.07, 6.45) is 0. The highest BCUT2D eigenvalue weighted by Gasteiger charge is 2.17. The number of nitrogens with one attached hydrogen (secondary N) is 2. The lowest BCUT2D eigenvalue weighted by Crippen LogP contribution is -2.22. The number of sulfonamides is 1. The standard InChI is InChI=1S/C22H21FN2O5S/c1-29-20-12-11-19(13-21(20)30-2)31(27,28)25-18-9-5-16(6-10-18)22(26)24-14-15-3-7-17(23)8-4-15/h3-13,25H,14H2,1-2H3,(H,24,26). The number of hydrogen-bond acceptors (Lipinski definition) is 5. The van der Waals surface area contributed by atoms with Crippen molar-refractivity contribution < 1.29 is 27.1 Å². The molecule has 0 heterocycles. The third-order valence-corrected chi connectivity index (χ3v) is 5.81. The molecule has 0 fully saturated rings. The van der Waals surface area contributed by atoms with Crippen molar-refractivity contribution in [2.45, 2.75) is 11.4 Å². The van der Waals surface area contributed by atoms with Crippen molar-refractivity contribution in [2.24, 2.45) is 0 Å². The number of carbonyl (C=O) groups is 1. The fraction of sp³-hybridized carbons (Fsp3) is 0.136. The average Bonchev–Trinajstić information content (AvgIpc) is 2.78. The molecule has 0 unspecified atom stereocenters. The Morgan fingerprint density at radius 1 is 0.903 bits per heavy atom. The Hall–Kier alpha value is -3.59. The number of halogens is 1. The van der Waals surface area contributed by atoms with Crippen LogP contribution in [0.5, 0.6) is 11.5 Å². The molecule has 0 aliphatic heterocycles. The fourth-order valence-corrected chi connectivity index (χ4v) is 3.85. The van der Waals surface area contributed by atoms with Crippen molar-refractivity contribution in [3.8, 4) is 11.5 Å². The molecule has 3 aromatic rings. The predicted molar refractivity (Wildman–Crippen MR) is 114 cm³/mol. The van der Waals surface area contributed by atoms with Gasteiger partial charge in [0, 0.05) is 23.9 Å². The van der Waals surface area contributed by atoms with Crippen molar-refractivity contribution >= 4 is 21.6 Å². The van der Waals surface area contributed by atoms with Crippen LogP contribution in [-0.4, -0.2) is 28.5 Å². The van der Waals surface area contributed by atoms with Gasteiger partial charge >= 0.3 is 0 Å². The van der Waals surface area contributed by atoms with E-state index in [4.69, 9.17) is 9.47 Å². The van der Waals surface area contributed by atoms with Gasteiger partial charge in [-0.1, -0.05) is 12.1 Å². The van der Waals surface area contributed by atoms with Crippen LogP contribution in [0.1, 0.15) is 15.9 Å². The predicted octanol–water partition coefficient (Wildman–Crippen LogP) is 3.57. The van der Waals surface area contributed by atoms with E-state index in [1.54, 1.807) is 12.1 Å². The van der Waals surface area contributed by atoms with Crippen LogP contribution in [-0.2, 0) is 16.6 Å². The van der Waals surface area contributed by atoms with Gasteiger partial charge in [0.25, 0.3) is 15.9 Å². The maximum absolute atomic E-state index is 12.9. The minimum absolute atomic E-state index is 0.00580. The van der Waals surface area contributed by atoms with Gasteiger partial charge in [0.2, 0.25) is 0 Å². The molecule has 7 nitrogen and oxygen atoms in total. The monoisotopic (exact) mass is 444 g/mol. The molecule has 1 amide bonds. The molecule has 0 aliphatic rings. The van der Waals surface area contributed by atoms with Crippen molar-refractivity contribution in [2.75, 3.05) is 18.9 Å². The van der Waals surface area contributed by atoms with E-state index in [-0.39, 0.29) is 23.2 Å². The summed E-state index contributed by atoms with van der Waals surface area (Å²) in [5.74, 6) is 0.0239. The van der Waals surface area contributed by atoms with Gasteiger partial charge in [-0.2, -0.15) is 0 Å². The minimum atomic E-state index is -3.87. The second-order valence-corrected chi connectivity index (χ2v) is 8.19. The van der Waals surface area contributed by atoms with E-state index in [0.717, 1.165) is 5.56 Å². The number of amides is 1. The number of anilines is 1. The highest BCUT2D eigenvalue weighted by atomic mass is 32.2. The first-order chi connectivity index (χ1) is 14.8. The van der Waals surface area contributed by atoms with Gasteiger partial charge in [-0.05, 0) is 54.1 Å². The molecule has 3 rings (SSSR count). The molecule has 31 heavy (non-hydrogen) atoms. The molecule has 0 aromatic heterocycles. The van der Waals surface area contributed by atoms with Gasteiger partial charge in [-0.15, -0.1) is 0 Å². The average molecular weight is 444 g/mol. The number of carbonyl (C=O) groups excluding carboxylic acids is 1. The lowest BCUT2D eigenvalue weighted by molar-refractivity contribution is 0.0951. The summed E-state index contributed by atoms with van der Waals surface area (Å²) in [5.41, 5.74) is 1.41. The minimum Gasteiger partial charge on any atom is -0.493 e. The molecular formula is C22H21FN2O5S. The van der Waals surface area contributed by atoms with Gasteiger partial charge in [-0.25, -0.2) is 12.8 Å². The van der Waals surface area contributed by atoms with Crippen molar-refractivity contribution in [1.82, 2.24) is 5.32 Å². The Balaban J connectivity index is 1.66. The third kappa shape index (κ3) is 5.52. The lowest BCUT2D eigenvalue weighted by atomic mass is 10.2. The second kappa shape index (κ2) is 9.48. The molecular weight excluding hydrogens is 423 g/mol. The molecule has 0 aliphatic carbocycles. The molecule has 0 spiro atoms. The summed E-state index contributed by atoms with van der Waals surface area (Å²) in [4.78, 5) is 12.3. The molecule has 2 N–H and O–H groups in total. The summed E-state index contributed by atoms with van der Waals surface area (Å²) in [5, 5.41) is 2.73. The van der Waals surface area contributed by atoms with E-state index >= 15 is 0 Å². The first kappa shape index (κ1) is 22.1.